The average molecular weight is 333 g/mol. The molecule has 2 rings (SSSR count). The van der Waals surface area contributed by atoms with Gasteiger partial charge in [0.1, 0.15) is 5.82 Å². The summed E-state index contributed by atoms with van der Waals surface area (Å²) < 4.78 is 13.2. The van der Waals surface area contributed by atoms with Crippen LogP contribution >= 0.6 is 34.8 Å². The van der Waals surface area contributed by atoms with Gasteiger partial charge in [-0.1, -0.05) is 46.9 Å². The van der Waals surface area contributed by atoms with Gasteiger partial charge in [-0.3, -0.25) is 0 Å². The Kier molecular flexibility index (Phi) is 5.28. The van der Waals surface area contributed by atoms with Crippen molar-refractivity contribution >= 4 is 34.8 Å². The SMILES string of the molecule is CNC(Cc1c(Cl)cccc1Cl)c1ccc(F)c(Cl)c1. The maximum absolute atomic E-state index is 13.2. The van der Waals surface area contributed by atoms with Crippen molar-refractivity contribution in [2.45, 2.75) is 12.5 Å². The Balaban J connectivity index is 2.31. The van der Waals surface area contributed by atoms with Crippen molar-refractivity contribution in [2.75, 3.05) is 7.05 Å². The third-order valence-electron chi connectivity index (χ3n) is 3.16. The van der Waals surface area contributed by atoms with Crippen molar-refractivity contribution in [3.05, 3.63) is 68.4 Å². The predicted octanol–water partition coefficient (Wildman–Crippen LogP) is 5.29. The van der Waals surface area contributed by atoms with Crippen LogP contribution in [-0.2, 0) is 6.42 Å². The molecule has 2 aromatic carbocycles. The number of halogens is 4. The van der Waals surface area contributed by atoms with Crippen molar-refractivity contribution in [1.29, 1.82) is 0 Å². The van der Waals surface area contributed by atoms with Crippen LogP contribution in [0.2, 0.25) is 15.1 Å². The highest BCUT2D eigenvalue weighted by Crippen LogP contribution is 2.30. The average Bonchev–Trinajstić information content (AvgIpc) is 2.42. The molecule has 0 aliphatic carbocycles. The van der Waals surface area contributed by atoms with Crippen LogP contribution in [0.25, 0.3) is 0 Å². The fourth-order valence-corrected chi connectivity index (χ4v) is 2.79. The summed E-state index contributed by atoms with van der Waals surface area (Å²) in [4.78, 5) is 0. The summed E-state index contributed by atoms with van der Waals surface area (Å²) in [5.41, 5.74) is 1.74. The van der Waals surface area contributed by atoms with E-state index in [4.69, 9.17) is 34.8 Å². The van der Waals surface area contributed by atoms with E-state index < -0.39 is 5.82 Å². The van der Waals surface area contributed by atoms with Gasteiger partial charge in [-0.15, -0.1) is 0 Å². The number of benzene rings is 2. The molecule has 0 saturated heterocycles. The monoisotopic (exact) mass is 331 g/mol. The highest BCUT2D eigenvalue weighted by Gasteiger charge is 2.15. The second-order valence-corrected chi connectivity index (χ2v) is 5.64. The normalized spacial score (nSPS) is 12.4. The first-order chi connectivity index (χ1) is 9.52. The largest absolute Gasteiger partial charge is 0.313 e. The third kappa shape index (κ3) is 3.44. The molecule has 0 aromatic heterocycles. The summed E-state index contributed by atoms with van der Waals surface area (Å²) in [6.07, 6.45) is 0.594. The number of rotatable bonds is 4. The quantitative estimate of drug-likeness (QED) is 0.802. The molecule has 0 spiro atoms. The maximum atomic E-state index is 13.2. The summed E-state index contributed by atoms with van der Waals surface area (Å²) in [7, 11) is 1.83. The van der Waals surface area contributed by atoms with Crippen LogP contribution in [0.4, 0.5) is 4.39 Å². The summed E-state index contributed by atoms with van der Waals surface area (Å²) in [6.45, 7) is 0. The molecule has 20 heavy (non-hydrogen) atoms. The van der Waals surface area contributed by atoms with Gasteiger partial charge in [0.05, 0.1) is 5.02 Å². The molecule has 0 fully saturated rings. The van der Waals surface area contributed by atoms with Crippen molar-refractivity contribution in [2.24, 2.45) is 0 Å². The van der Waals surface area contributed by atoms with Gasteiger partial charge >= 0.3 is 0 Å². The van der Waals surface area contributed by atoms with Crippen molar-refractivity contribution < 1.29 is 4.39 Å². The Morgan fingerprint density at radius 3 is 2.25 bits per heavy atom. The molecule has 2 aromatic rings. The van der Waals surface area contributed by atoms with Gasteiger partial charge in [0, 0.05) is 16.1 Å². The van der Waals surface area contributed by atoms with Crippen LogP contribution < -0.4 is 5.32 Å². The van der Waals surface area contributed by atoms with E-state index in [1.54, 1.807) is 30.3 Å². The van der Waals surface area contributed by atoms with Crippen LogP contribution in [0.5, 0.6) is 0 Å². The molecule has 1 unspecified atom stereocenters. The minimum atomic E-state index is -0.430. The summed E-state index contributed by atoms with van der Waals surface area (Å²) in [6, 6.07) is 10.0. The summed E-state index contributed by atoms with van der Waals surface area (Å²) >= 11 is 18.2. The van der Waals surface area contributed by atoms with E-state index in [2.05, 4.69) is 5.32 Å². The Labute approximate surface area is 132 Å². The summed E-state index contributed by atoms with van der Waals surface area (Å²) in [5.74, 6) is -0.430. The predicted molar refractivity (Wildman–Crippen MR) is 83.4 cm³/mol. The lowest BCUT2D eigenvalue weighted by atomic mass is 9.99. The molecule has 106 valence electrons. The van der Waals surface area contributed by atoms with Gasteiger partial charge in [0.25, 0.3) is 0 Å². The van der Waals surface area contributed by atoms with Crippen LogP contribution in [-0.4, -0.2) is 7.05 Å². The molecule has 0 bridgehead atoms. The topological polar surface area (TPSA) is 12.0 Å². The van der Waals surface area contributed by atoms with Crippen LogP contribution in [0, 0.1) is 5.82 Å². The van der Waals surface area contributed by atoms with Crippen LogP contribution in [0.1, 0.15) is 17.2 Å². The molecule has 0 aliphatic heterocycles. The van der Waals surface area contributed by atoms with Crippen molar-refractivity contribution in [3.8, 4) is 0 Å². The van der Waals surface area contributed by atoms with E-state index >= 15 is 0 Å². The van der Waals surface area contributed by atoms with E-state index in [-0.39, 0.29) is 11.1 Å². The van der Waals surface area contributed by atoms with Crippen LogP contribution in [0.3, 0.4) is 0 Å². The Hall–Kier alpha value is -0.800. The lowest BCUT2D eigenvalue weighted by Crippen LogP contribution is -2.19. The van der Waals surface area contributed by atoms with Crippen LogP contribution in [0.15, 0.2) is 36.4 Å². The van der Waals surface area contributed by atoms with Crippen molar-refractivity contribution in [3.63, 3.8) is 0 Å². The van der Waals surface area contributed by atoms with Gasteiger partial charge in [-0.05, 0) is 48.9 Å². The molecule has 0 saturated carbocycles. The van der Waals surface area contributed by atoms with Gasteiger partial charge < -0.3 is 5.32 Å². The van der Waals surface area contributed by atoms with Gasteiger partial charge in [0.15, 0.2) is 0 Å². The van der Waals surface area contributed by atoms with E-state index in [9.17, 15) is 4.39 Å². The lowest BCUT2D eigenvalue weighted by molar-refractivity contribution is 0.586. The number of hydrogen-bond donors (Lipinski definition) is 1. The Morgan fingerprint density at radius 2 is 1.70 bits per heavy atom. The third-order valence-corrected chi connectivity index (χ3v) is 4.16. The standard InChI is InChI=1S/C15H13Cl3FN/c1-20-15(9-5-6-14(19)13(18)7-9)8-10-11(16)3-2-4-12(10)17/h2-7,15,20H,8H2,1H3. The zero-order chi connectivity index (χ0) is 14.7. The molecule has 5 heteroatoms. The molecule has 1 N–H and O–H groups in total. The molecule has 0 amide bonds. The Morgan fingerprint density at radius 1 is 1.05 bits per heavy atom. The van der Waals surface area contributed by atoms with Crippen molar-refractivity contribution in [1.82, 2.24) is 5.32 Å². The zero-order valence-corrected chi connectivity index (χ0v) is 13.0. The Bertz CT molecular complexity index is 596. The smallest absolute Gasteiger partial charge is 0.141 e. The fraction of sp³-hybridized carbons (Fsp3) is 0.200. The molecular weight excluding hydrogens is 320 g/mol. The molecule has 1 atom stereocenters. The number of likely N-dealkylation sites (N-methyl/N-ethyl adjacent to an activating group) is 1. The zero-order valence-electron chi connectivity index (χ0n) is 10.8. The van der Waals surface area contributed by atoms with Gasteiger partial charge in [-0.2, -0.15) is 0 Å². The maximum Gasteiger partial charge on any atom is 0.141 e. The highest BCUT2D eigenvalue weighted by molar-refractivity contribution is 6.36. The van der Waals surface area contributed by atoms with E-state index in [0.29, 0.717) is 16.5 Å². The molecule has 0 radical (unpaired) electrons. The minimum absolute atomic E-state index is 0.0505. The van der Waals surface area contributed by atoms with E-state index in [1.165, 1.54) is 6.07 Å². The van der Waals surface area contributed by atoms with E-state index in [0.717, 1.165) is 11.1 Å². The second kappa shape index (κ2) is 6.77. The lowest BCUT2D eigenvalue weighted by Gasteiger charge is -2.18. The molecule has 0 aliphatic rings. The van der Waals surface area contributed by atoms with Gasteiger partial charge in [-0.25, -0.2) is 4.39 Å². The molecule has 0 heterocycles. The second-order valence-electron chi connectivity index (χ2n) is 4.42. The number of hydrogen-bond acceptors (Lipinski definition) is 1. The molecule has 1 nitrogen and oxygen atoms in total. The molecular formula is C15H13Cl3FN. The first-order valence-corrected chi connectivity index (χ1v) is 7.21. The van der Waals surface area contributed by atoms with Gasteiger partial charge in [0.2, 0.25) is 0 Å². The summed E-state index contributed by atoms with van der Waals surface area (Å²) in [5, 5.41) is 4.51. The van der Waals surface area contributed by atoms with E-state index in [1.807, 2.05) is 7.05 Å². The highest BCUT2D eigenvalue weighted by atomic mass is 35.5. The number of nitrogens with one attached hydrogen (secondary N) is 1. The first kappa shape index (κ1) is 15.6. The fourth-order valence-electron chi connectivity index (χ4n) is 2.05. The minimum Gasteiger partial charge on any atom is -0.313 e. The first-order valence-electron chi connectivity index (χ1n) is 6.08.